The van der Waals surface area contributed by atoms with E-state index in [0.29, 0.717) is 23.5 Å². The molecule has 0 saturated heterocycles. The van der Waals surface area contributed by atoms with Crippen LogP contribution in [0, 0.1) is 6.92 Å². The van der Waals surface area contributed by atoms with Crippen LogP contribution in [0.1, 0.15) is 27.9 Å². The summed E-state index contributed by atoms with van der Waals surface area (Å²) in [6, 6.07) is 21.9. The van der Waals surface area contributed by atoms with Gasteiger partial charge in [0.2, 0.25) is 0 Å². The Hall–Kier alpha value is -3.83. The van der Waals surface area contributed by atoms with Crippen LogP contribution in [-0.4, -0.2) is 59.1 Å². The van der Waals surface area contributed by atoms with Gasteiger partial charge in [0.25, 0.3) is 5.91 Å². The summed E-state index contributed by atoms with van der Waals surface area (Å²) >= 11 is 1.55. The van der Waals surface area contributed by atoms with Gasteiger partial charge in [-0.05, 0) is 83.5 Å². The molecule has 1 atom stereocenters. The number of hydrogen-bond acceptors (Lipinski definition) is 6. The van der Waals surface area contributed by atoms with E-state index in [9.17, 15) is 14.7 Å². The summed E-state index contributed by atoms with van der Waals surface area (Å²) in [5.41, 5.74) is 8.02. The van der Waals surface area contributed by atoms with Crippen molar-refractivity contribution >= 4 is 48.6 Å². The van der Waals surface area contributed by atoms with E-state index in [-0.39, 0.29) is 18.9 Å². The first-order valence-electron chi connectivity index (χ1n) is 12.5. The van der Waals surface area contributed by atoms with Crippen molar-refractivity contribution in [3.8, 4) is 16.9 Å². The standard InChI is InChI=1S/C31H31N3O4S.Li.H/c1-22-8-6-7-11-26(22)28-20-23(14-15-27(28)30(35)33-29(31(36)37)17-19-39-2)12-13-24-16-18-34(32-21-24)38-25-9-4-3-5-10-25;;/h3-16,18,20-21,29,32H,17,19H2,1-2H3,(H,33,35)(H,36,37);;/b13-12+;;. The molecule has 0 radical (unpaired) electrons. The summed E-state index contributed by atoms with van der Waals surface area (Å²) in [5, 5.41) is 13.8. The first kappa shape index (κ1) is 30.7. The number of allylic oxidation sites excluding steroid dienone is 3. The Labute approximate surface area is 251 Å². The Kier molecular flexibility index (Phi) is 11.6. The van der Waals surface area contributed by atoms with Gasteiger partial charge in [0, 0.05) is 11.8 Å². The number of aryl methyl sites for hydroxylation is 1. The fourth-order valence-corrected chi connectivity index (χ4v) is 4.49. The molecule has 9 heteroatoms. The molecule has 0 aromatic heterocycles. The van der Waals surface area contributed by atoms with E-state index in [0.717, 1.165) is 27.8 Å². The molecular weight excluding hydrogens is 517 g/mol. The monoisotopic (exact) mass is 549 g/mol. The fraction of sp³-hybridized carbons (Fsp3) is 0.161. The second-order valence-corrected chi connectivity index (χ2v) is 9.90. The van der Waals surface area contributed by atoms with Gasteiger partial charge in [-0.2, -0.15) is 11.8 Å². The number of aliphatic carboxylic acids is 1. The van der Waals surface area contributed by atoms with Crippen LogP contribution in [0.15, 0.2) is 103 Å². The summed E-state index contributed by atoms with van der Waals surface area (Å²) in [5.74, 6) is -0.0858. The minimum absolute atomic E-state index is 0. The number of nitrogens with one attached hydrogen (secondary N) is 2. The molecule has 40 heavy (non-hydrogen) atoms. The number of nitrogens with zero attached hydrogens (tertiary/aromatic N) is 1. The van der Waals surface area contributed by atoms with E-state index in [1.165, 1.54) is 5.17 Å². The molecule has 4 rings (SSSR count). The van der Waals surface area contributed by atoms with Crippen LogP contribution in [0.2, 0.25) is 0 Å². The molecule has 1 aliphatic heterocycles. The van der Waals surface area contributed by atoms with Crippen molar-refractivity contribution in [2.45, 2.75) is 19.4 Å². The third-order valence-corrected chi connectivity index (χ3v) is 6.76. The van der Waals surface area contributed by atoms with Gasteiger partial charge in [-0.3, -0.25) is 10.2 Å². The number of carboxylic acid groups (broad SMARTS) is 1. The molecule has 0 aliphatic carbocycles. The molecule has 1 heterocycles. The number of carbonyl (C=O) groups is 2. The SMILES string of the molecule is CSCCC(NC(=O)c1ccc(/C=C/C2=CNN(Oc3ccccc3)C=C2)cc1-c1ccccc1C)C(=O)O.[LiH]. The van der Waals surface area contributed by atoms with Gasteiger partial charge in [0.1, 0.15) is 6.04 Å². The summed E-state index contributed by atoms with van der Waals surface area (Å²) in [6.45, 7) is 1.99. The van der Waals surface area contributed by atoms with Gasteiger partial charge in [-0.25, -0.2) is 4.79 Å². The molecule has 0 saturated carbocycles. The second kappa shape index (κ2) is 15.1. The Morgan fingerprint density at radius 3 is 2.48 bits per heavy atom. The van der Waals surface area contributed by atoms with Crippen molar-refractivity contribution < 1.29 is 19.5 Å². The number of rotatable bonds is 11. The fourth-order valence-electron chi connectivity index (χ4n) is 4.02. The predicted molar refractivity (Wildman–Crippen MR) is 164 cm³/mol. The van der Waals surface area contributed by atoms with Crippen LogP contribution in [0.25, 0.3) is 17.2 Å². The summed E-state index contributed by atoms with van der Waals surface area (Å²) < 4.78 is 0. The number of benzene rings is 3. The van der Waals surface area contributed by atoms with E-state index in [1.807, 2.05) is 104 Å². The molecule has 0 spiro atoms. The molecule has 3 N–H and O–H groups in total. The van der Waals surface area contributed by atoms with Gasteiger partial charge in [-0.1, -0.05) is 60.7 Å². The van der Waals surface area contributed by atoms with Crippen LogP contribution >= 0.6 is 11.8 Å². The van der Waals surface area contributed by atoms with Crippen molar-refractivity contribution in [1.82, 2.24) is 15.9 Å². The number of hydrazine groups is 1. The van der Waals surface area contributed by atoms with E-state index in [4.69, 9.17) is 4.84 Å². The van der Waals surface area contributed by atoms with Crippen molar-refractivity contribution in [1.29, 1.82) is 0 Å². The topological polar surface area (TPSA) is 90.9 Å². The molecule has 1 aliphatic rings. The molecule has 202 valence electrons. The van der Waals surface area contributed by atoms with Gasteiger partial charge >= 0.3 is 24.8 Å². The van der Waals surface area contributed by atoms with E-state index >= 15 is 0 Å². The van der Waals surface area contributed by atoms with Crippen LogP contribution in [0.3, 0.4) is 0 Å². The number of amides is 1. The molecule has 0 fully saturated rings. The maximum atomic E-state index is 13.3. The number of carbonyl (C=O) groups excluding carboxylic acids is 1. The van der Waals surface area contributed by atoms with Crippen molar-refractivity contribution in [3.63, 3.8) is 0 Å². The number of hydroxylamine groups is 1. The molecule has 7 nitrogen and oxygen atoms in total. The van der Waals surface area contributed by atoms with Crippen molar-refractivity contribution in [3.05, 3.63) is 120 Å². The Bertz CT molecular complexity index is 1410. The number of para-hydroxylation sites is 1. The summed E-state index contributed by atoms with van der Waals surface area (Å²) in [6.07, 6.45) is 11.7. The molecule has 3 aromatic carbocycles. The quantitative estimate of drug-likeness (QED) is 0.284. The van der Waals surface area contributed by atoms with Gasteiger partial charge in [-0.15, -0.1) is 5.17 Å². The third-order valence-electron chi connectivity index (χ3n) is 6.11. The average molecular weight is 550 g/mol. The minimum atomic E-state index is -1.04. The number of carboxylic acids is 1. The first-order valence-corrected chi connectivity index (χ1v) is 13.9. The molecule has 0 bridgehead atoms. The first-order chi connectivity index (χ1) is 18.9. The number of hydrogen-bond donors (Lipinski definition) is 3. The normalized spacial score (nSPS) is 13.2. The van der Waals surface area contributed by atoms with Gasteiger partial charge < -0.3 is 15.3 Å². The molecule has 3 aromatic rings. The zero-order valence-electron chi connectivity index (χ0n) is 21.8. The van der Waals surface area contributed by atoms with Gasteiger partial charge in [0.05, 0.1) is 6.20 Å². The predicted octanol–water partition coefficient (Wildman–Crippen LogP) is 5.17. The Morgan fingerprint density at radius 2 is 1.80 bits per heavy atom. The van der Waals surface area contributed by atoms with Crippen LogP contribution in [0.5, 0.6) is 5.75 Å². The van der Waals surface area contributed by atoms with E-state index in [2.05, 4.69) is 10.7 Å². The summed E-state index contributed by atoms with van der Waals surface area (Å²) in [4.78, 5) is 30.7. The third kappa shape index (κ3) is 8.33. The second-order valence-electron chi connectivity index (χ2n) is 8.92. The Balaban J connectivity index is 0.00000441. The average Bonchev–Trinajstić information content (AvgIpc) is 2.95. The zero-order chi connectivity index (χ0) is 27.6. The molecular formula is C31H32LiN3O4S. The van der Waals surface area contributed by atoms with E-state index < -0.39 is 17.9 Å². The van der Waals surface area contributed by atoms with Crippen molar-refractivity contribution in [2.24, 2.45) is 0 Å². The van der Waals surface area contributed by atoms with Crippen LogP contribution < -0.4 is 15.6 Å². The van der Waals surface area contributed by atoms with Gasteiger partial charge in [0.15, 0.2) is 5.75 Å². The van der Waals surface area contributed by atoms with E-state index in [1.54, 1.807) is 24.0 Å². The Morgan fingerprint density at radius 1 is 1.05 bits per heavy atom. The maximum absolute atomic E-state index is 13.3. The molecule has 1 amide bonds. The van der Waals surface area contributed by atoms with Crippen LogP contribution in [0.4, 0.5) is 0 Å². The van der Waals surface area contributed by atoms with Crippen molar-refractivity contribution in [2.75, 3.05) is 12.0 Å². The molecule has 1 unspecified atom stereocenters. The zero-order valence-corrected chi connectivity index (χ0v) is 22.7. The van der Waals surface area contributed by atoms with Crippen LogP contribution in [-0.2, 0) is 4.79 Å². The summed E-state index contributed by atoms with van der Waals surface area (Å²) in [7, 11) is 0. The number of thioether (sulfide) groups is 1.